The summed E-state index contributed by atoms with van der Waals surface area (Å²) in [5.41, 5.74) is 13.0. The van der Waals surface area contributed by atoms with Crippen LogP contribution in [0.3, 0.4) is 0 Å². The highest BCUT2D eigenvalue weighted by Gasteiger charge is 2.14. The molecule has 0 unspecified atom stereocenters. The summed E-state index contributed by atoms with van der Waals surface area (Å²) in [6.45, 7) is 0. The van der Waals surface area contributed by atoms with Crippen LogP contribution >= 0.6 is 0 Å². The van der Waals surface area contributed by atoms with Crippen LogP contribution in [0.5, 0.6) is 0 Å². The Morgan fingerprint density at radius 3 is 2.37 bits per heavy atom. The van der Waals surface area contributed by atoms with Crippen LogP contribution in [0.25, 0.3) is 0 Å². The summed E-state index contributed by atoms with van der Waals surface area (Å²) in [7, 11) is 0. The monoisotopic (exact) mass is 261 g/mol. The number of rotatable bonds is 3. The summed E-state index contributed by atoms with van der Waals surface area (Å²) in [5, 5.41) is 3.48. The molecule has 0 aliphatic heterocycles. The molecule has 1 amide bonds. The van der Waals surface area contributed by atoms with Crippen molar-refractivity contribution in [2.45, 2.75) is 51.0 Å². The van der Waals surface area contributed by atoms with E-state index in [9.17, 15) is 4.79 Å². The number of nitrogen functional groups attached to an aromatic ring is 1. The number of benzene rings is 1. The molecule has 0 spiro atoms. The van der Waals surface area contributed by atoms with E-state index in [0.717, 1.165) is 5.69 Å². The summed E-state index contributed by atoms with van der Waals surface area (Å²) in [6, 6.07) is 5.86. The van der Waals surface area contributed by atoms with Crippen molar-refractivity contribution < 1.29 is 4.79 Å². The molecule has 0 saturated heterocycles. The molecule has 104 valence electrons. The summed E-state index contributed by atoms with van der Waals surface area (Å²) in [4.78, 5) is 11.3. The summed E-state index contributed by atoms with van der Waals surface area (Å²) >= 11 is 0. The molecule has 0 heterocycles. The van der Waals surface area contributed by atoms with E-state index < -0.39 is 5.91 Å². The minimum absolute atomic E-state index is 0.399. The average Bonchev–Trinajstić information content (AvgIpc) is 2.34. The van der Waals surface area contributed by atoms with Gasteiger partial charge in [-0.2, -0.15) is 0 Å². The molecule has 5 N–H and O–H groups in total. The lowest BCUT2D eigenvalue weighted by Crippen LogP contribution is -2.22. The third-order valence-electron chi connectivity index (χ3n) is 3.84. The van der Waals surface area contributed by atoms with Crippen molar-refractivity contribution in [2.75, 3.05) is 11.1 Å². The minimum Gasteiger partial charge on any atom is -0.396 e. The van der Waals surface area contributed by atoms with Crippen LogP contribution in [0, 0.1) is 0 Å². The Morgan fingerprint density at radius 2 is 1.74 bits per heavy atom. The maximum absolute atomic E-state index is 11.3. The standard InChI is InChI=1S/C15H23N3O/c16-14-12(15(17)19)9-6-10-13(14)18-11-7-4-2-1-3-5-8-11/h6,9-11,18H,1-5,7-8,16H2,(H2,17,19). The zero-order valence-corrected chi connectivity index (χ0v) is 11.3. The predicted molar refractivity (Wildman–Crippen MR) is 79.1 cm³/mol. The van der Waals surface area contributed by atoms with E-state index in [-0.39, 0.29) is 0 Å². The molecule has 4 nitrogen and oxygen atoms in total. The van der Waals surface area contributed by atoms with Crippen molar-refractivity contribution in [3.63, 3.8) is 0 Å². The zero-order chi connectivity index (χ0) is 13.7. The van der Waals surface area contributed by atoms with Gasteiger partial charge in [0.25, 0.3) is 5.91 Å². The van der Waals surface area contributed by atoms with Crippen LogP contribution in [0.4, 0.5) is 11.4 Å². The lowest BCUT2D eigenvalue weighted by atomic mass is 9.96. The quantitative estimate of drug-likeness (QED) is 0.732. The molecule has 0 radical (unpaired) electrons. The van der Waals surface area contributed by atoms with Crippen molar-refractivity contribution in [1.82, 2.24) is 0 Å². The highest BCUT2D eigenvalue weighted by Crippen LogP contribution is 2.26. The first kappa shape index (κ1) is 13.7. The number of nitrogens with one attached hydrogen (secondary N) is 1. The molecule has 1 aliphatic carbocycles. The third kappa shape index (κ3) is 3.63. The second kappa shape index (κ2) is 6.45. The fraction of sp³-hybridized carbons (Fsp3) is 0.533. The van der Waals surface area contributed by atoms with Gasteiger partial charge in [-0.05, 0) is 25.0 Å². The summed E-state index contributed by atoms with van der Waals surface area (Å²) in [6.07, 6.45) is 8.83. The Morgan fingerprint density at radius 1 is 1.11 bits per heavy atom. The number of primary amides is 1. The smallest absolute Gasteiger partial charge is 0.250 e. The van der Waals surface area contributed by atoms with Gasteiger partial charge >= 0.3 is 0 Å². The molecule has 0 atom stereocenters. The van der Waals surface area contributed by atoms with Gasteiger partial charge in [0.1, 0.15) is 0 Å². The number of carbonyl (C=O) groups excluding carboxylic acids is 1. The number of nitrogens with two attached hydrogens (primary N) is 2. The van der Waals surface area contributed by atoms with Gasteiger partial charge in [-0.3, -0.25) is 4.79 Å². The van der Waals surface area contributed by atoms with E-state index >= 15 is 0 Å². The summed E-state index contributed by atoms with van der Waals surface area (Å²) in [5.74, 6) is -0.473. The van der Waals surface area contributed by atoms with Gasteiger partial charge in [0.2, 0.25) is 0 Å². The Hall–Kier alpha value is -1.71. The van der Waals surface area contributed by atoms with Crippen molar-refractivity contribution in [3.8, 4) is 0 Å². The molecule has 1 fully saturated rings. The van der Waals surface area contributed by atoms with Crippen LogP contribution in [-0.2, 0) is 0 Å². The van der Waals surface area contributed by atoms with Gasteiger partial charge in [0.15, 0.2) is 0 Å². The Balaban J connectivity index is 2.09. The zero-order valence-electron chi connectivity index (χ0n) is 11.3. The second-order valence-corrected chi connectivity index (χ2v) is 5.32. The number of hydrogen-bond donors (Lipinski definition) is 3. The second-order valence-electron chi connectivity index (χ2n) is 5.32. The van der Waals surface area contributed by atoms with E-state index in [1.807, 2.05) is 12.1 Å². The van der Waals surface area contributed by atoms with Crippen LogP contribution in [-0.4, -0.2) is 11.9 Å². The summed E-state index contributed by atoms with van der Waals surface area (Å²) < 4.78 is 0. The number of carbonyl (C=O) groups is 1. The van der Waals surface area contributed by atoms with Crippen molar-refractivity contribution >= 4 is 17.3 Å². The molecule has 2 rings (SSSR count). The van der Waals surface area contributed by atoms with Crippen molar-refractivity contribution in [3.05, 3.63) is 23.8 Å². The first-order valence-corrected chi connectivity index (χ1v) is 7.13. The normalized spacial score (nSPS) is 17.5. The average molecular weight is 261 g/mol. The topological polar surface area (TPSA) is 81.1 Å². The van der Waals surface area contributed by atoms with Crippen LogP contribution in [0.15, 0.2) is 18.2 Å². The van der Waals surface area contributed by atoms with Gasteiger partial charge in [-0.1, -0.05) is 38.2 Å². The lowest BCUT2D eigenvalue weighted by molar-refractivity contribution is 0.100. The maximum atomic E-state index is 11.3. The van der Waals surface area contributed by atoms with Crippen LogP contribution in [0.2, 0.25) is 0 Å². The van der Waals surface area contributed by atoms with Crippen molar-refractivity contribution in [2.24, 2.45) is 5.73 Å². The molecule has 1 aromatic rings. The third-order valence-corrected chi connectivity index (χ3v) is 3.84. The van der Waals surface area contributed by atoms with E-state index in [1.165, 1.54) is 44.9 Å². The van der Waals surface area contributed by atoms with Gasteiger partial charge in [-0.15, -0.1) is 0 Å². The first-order chi connectivity index (χ1) is 9.18. The predicted octanol–water partition coefficient (Wildman–Crippen LogP) is 2.89. The lowest BCUT2D eigenvalue weighted by Gasteiger charge is -2.23. The minimum atomic E-state index is -0.473. The highest BCUT2D eigenvalue weighted by molar-refractivity contribution is 6.00. The fourth-order valence-corrected chi connectivity index (χ4v) is 2.73. The molecule has 0 bridgehead atoms. The Bertz CT molecular complexity index is 437. The molecule has 0 aromatic heterocycles. The number of hydrogen-bond acceptors (Lipinski definition) is 3. The Labute approximate surface area is 114 Å². The van der Waals surface area contributed by atoms with Gasteiger partial charge in [0.05, 0.1) is 16.9 Å². The number of amides is 1. The first-order valence-electron chi connectivity index (χ1n) is 7.13. The maximum Gasteiger partial charge on any atom is 0.250 e. The Kier molecular flexibility index (Phi) is 4.66. The van der Waals surface area contributed by atoms with Crippen LogP contribution < -0.4 is 16.8 Å². The van der Waals surface area contributed by atoms with Gasteiger partial charge in [-0.25, -0.2) is 0 Å². The van der Waals surface area contributed by atoms with E-state index in [2.05, 4.69) is 5.32 Å². The van der Waals surface area contributed by atoms with Crippen molar-refractivity contribution in [1.29, 1.82) is 0 Å². The number of para-hydroxylation sites is 1. The molecule has 4 heteroatoms. The molecule has 19 heavy (non-hydrogen) atoms. The fourth-order valence-electron chi connectivity index (χ4n) is 2.73. The van der Waals surface area contributed by atoms with Gasteiger partial charge in [0, 0.05) is 6.04 Å². The molecular weight excluding hydrogens is 238 g/mol. The largest absolute Gasteiger partial charge is 0.396 e. The molecular formula is C15H23N3O. The molecule has 1 saturated carbocycles. The van der Waals surface area contributed by atoms with Crippen LogP contribution in [0.1, 0.15) is 55.3 Å². The van der Waals surface area contributed by atoms with E-state index in [1.54, 1.807) is 6.07 Å². The molecule has 1 aliphatic rings. The van der Waals surface area contributed by atoms with E-state index in [4.69, 9.17) is 11.5 Å². The highest BCUT2D eigenvalue weighted by atomic mass is 16.1. The SMILES string of the molecule is NC(=O)c1cccc(NC2CCCCCCC2)c1N. The number of anilines is 2. The van der Waals surface area contributed by atoms with E-state index in [0.29, 0.717) is 17.3 Å². The molecule has 1 aromatic carbocycles. The van der Waals surface area contributed by atoms with Gasteiger partial charge < -0.3 is 16.8 Å².